The minimum Gasteiger partial charge on any atom is -0.384 e. The Balaban J connectivity index is 2.30. The van der Waals surface area contributed by atoms with Crippen molar-refractivity contribution in [2.45, 2.75) is 39.2 Å². The molecule has 0 spiro atoms. The number of benzene rings is 1. The number of aromatic nitrogens is 2. The molecule has 0 aliphatic carbocycles. The van der Waals surface area contributed by atoms with E-state index in [9.17, 15) is 5.11 Å². The summed E-state index contributed by atoms with van der Waals surface area (Å²) in [5, 5.41) is 14.6. The second kappa shape index (κ2) is 4.82. The van der Waals surface area contributed by atoms with Crippen LogP contribution in [0.3, 0.4) is 0 Å². The molecule has 3 nitrogen and oxygen atoms in total. The van der Waals surface area contributed by atoms with Crippen molar-refractivity contribution in [1.82, 2.24) is 9.78 Å². The monoisotopic (exact) mass is 258 g/mol. The van der Waals surface area contributed by atoms with Crippen LogP contribution < -0.4 is 0 Å². The molecule has 3 heteroatoms. The van der Waals surface area contributed by atoms with Gasteiger partial charge in [0.05, 0.1) is 6.20 Å². The summed E-state index contributed by atoms with van der Waals surface area (Å²) in [5.41, 5.74) is 4.17. The second-order valence-corrected chi connectivity index (χ2v) is 6.08. The SMILES string of the molecule is Cc1c(C(O)c2ccc(C(C)(C)C)cc2)cnn1C. The highest BCUT2D eigenvalue weighted by Crippen LogP contribution is 2.27. The normalized spacial score (nSPS) is 13.6. The maximum Gasteiger partial charge on any atom is 0.107 e. The van der Waals surface area contributed by atoms with Crippen LogP contribution in [-0.4, -0.2) is 14.9 Å². The highest BCUT2D eigenvalue weighted by molar-refractivity contribution is 5.34. The van der Waals surface area contributed by atoms with Gasteiger partial charge in [0.1, 0.15) is 6.10 Å². The van der Waals surface area contributed by atoms with Gasteiger partial charge in [0.15, 0.2) is 0 Å². The molecule has 0 fully saturated rings. The molecule has 1 aromatic heterocycles. The fourth-order valence-corrected chi connectivity index (χ4v) is 2.13. The zero-order valence-corrected chi connectivity index (χ0v) is 12.3. The van der Waals surface area contributed by atoms with Gasteiger partial charge >= 0.3 is 0 Å². The fraction of sp³-hybridized carbons (Fsp3) is 0.438. The molecule has 2 rings (SSSR count). The first-order valence-electron chi connectivity index (χ1n) is 6.57. The van der Waals surface area contributed by atoms with Gasteiger partial charge in [-0.2, -0.15) is 5.10 Å². The van der Waals surface area contributed by atoms with Crippen molar-refractivity contribution in [3.05, 3.63) is 52.8 Å². The summed E-state index contributed by atoms with van der Waals surface area (Å²) >= 11 is 0. The molecule has 1 aromatic carbocycles. The highest BCUT2D eigenvalue weighted by atomic mass is 16.3. The van der Waals surface area contributed by atoms with Crippen molar-refractivity contribution >= 4 is 0 Å². The van der Waals surface area contributed by atoms with E-state index in [4.69, 9.17) is 0 Å². The van der Waals surface area contributed by atoms with E-state index in [-0.39, 0.29) is 5.41 Å². The summed E-state index contributed by atoms with van der Waals surface area (Å²) in [6.07, 6.45) is 1.13. The lowest BCUT2D eigenvalue weighted by atomic mass is 9.86. The van der Waals surface area contributed by atoms with Crippen molar-refractivity contribution in [2.75, 3.05) is 0 Å². The average Bonchev–Trinajstić information content (AvgIpc) is 2.68. The van der Waals surface area contributed by atoms with Crippen LogP contribution in [0, 0.1) is 6.92 Å². The van der Waals surface area contributed by atoms with Gasteiger partial charge in [0.25, 0.3) is 0 Å². The third-order valence-corrected chi connectivity index (χ3v) is 3.66. The molecule has 1 N–H and O–H groups in total. The zero-order chi connectivity index (χ0) is 14.2. The Morgan fingerprint density at radius 1 is 1.16 bits per heavy atom. The van der Waals surface area contributed by atoms with Crippen LogP contribution >= 0.6 is 0 Å². The molecule has 2 aromatic rings. The number of nitrogens with zero attached hydrogens (tertiary/aromatic N) is 2. The first-order chi connectivity index (χ1) is 8.80. The summed E-state index contributed by atoms with van der Waals surface area (Å²) in [6, 6.07) is 8.17. The predicted octanol–water partition coefficient (Wildman–Crippen LogP) is 3.11. The van der Waals surface area contributed by atoms with Gasteiger partial charge in [0.2, 0.25) is 0 Å². The van der Waals surface area contributed by atoms with Gasteiger partial charge < -0.3 is 5.11 Å². The van der Waals surface area contributed by atoms with Crippen LogP contribution in [0.1, 0.15) is 49.3 Å². The molecule has 1 atom stereocenters. The third-order valence-electron chi connectivity index (χ3n) is 3.66. The van der Waals surface area contributed by atoms with Crippen LogP contribution in [0.25, 0.3) is 0 Å². The lowest BCUT2D eigenvalue weighted by molar-refractivity contribution is 0.219. The van der Waals surface area contributed by atoms with E-state index in [1.165, 1.54) is 5.56 Å². The summed E-state index contributed by atoms with van der Waals surface area (Å²) in [4.78, 5) is 0. The number of aliphatic hydroxyl groups excluding tert-OH is 1. The van der Waals surface area contributed by atoms with Crippen LogP contribution in [0.4, 0.5) is 0 Å². The van der Waals surface area contributed by atoms with Crippen molar-refractivity contribution < 1.29 is 5.11 Å². The van der Waals surface area contributed by atoms with Crippen molar-refractivity contribution in [3.63, 3.8) is 0 Å². The Hall–Kier alpha value is -1.61. The molecule has 0 bridgehead atoms. The summed E-state index contributed by atoms with van der Waals surface area (Å²) < 4.78 is 1.78. The fourth-order valence-electron chi connectivity index (χ4n) is 2.13. The van der Waals surface area contributed by atoms with Gasteiger partial charge in [0, 0.05) is 18.3 Å². The minimum absolute atomic E-state index is 0.133. The van der Waals surface area contributed by atoms with Crippen molar-refractivity contribution in [1.29, 1.82) is 0 Å². The average molecular weight is 258 g/mol. The van der Waals surface area contributed by atoms with Crippen LogP contribution in [0.5, 0.6) is 0 Å². The van der Waals surface area contributed by atoms with Crippen LogP contribution in [-0.2, 0) is 12.5 Å². The van der Waals surface area contributed by atoms with E-state index < -0.39 is 6.10 Å². The molecule has 0 saturated heterocycles. The van der Waals surface area contributed by atoms with E-state index in [0.717, 1.165) is 16.8 Å². The summed E-state index contributed by atoms with van der Waals surface area (Å²) in [6.45, 7) is 8.52. The van der Waals surface area contributed by atoms with Gasteiger partial charge in [-0.05, 0) is 23.5 Å². The van der Waals surface area contributed by atoms with Crippen molar-refractivity contribution in [2.24, 2.45) is 7.05 Å². The largest absolute Gasteiger partial charge is 0.384 e. The topological polar surface area (TPSA) is 38.1 Å². The molecular weight excluding hydrogens is 236 g/mol. The van der Waals surface area contributed by atoms with E-state index >= 15 is 0 Å². The minimum atomic E-state index is -0.609. The number of hydrogen-bond acceptors (Lipinski definition) is 2. The Kier molecular flexibility index (Phi) is 3.50. The van der Waals surface area contributed by atoms with Crippen LogP contribution in [0.15, 0.2) is 30.5 Å². The number of hydrogen-bond donors (Lipinski definition) is 1. The van der Waals surface area contributed by atoms with E-state index in [2.05, 4.69) is 38.0 Å². The maximum absolute atomic E-state index is 10.4. The molecular formula is C16H22N2O. The van der Waals surface area contributed by atoms with Crippen LogP contribution in [0.2, 0.25) is 0 Å². The maximum atomic E-state index is 10.4. The Morgan fingerprint density at radius 2 is 1.74 bits per heavy atom. The summed E-state index contributed by atoms with van der Waals surface area (Å²) in [5.74, 6) is 0. The lowest BCUT2D eigenvalue weighted by Crippen LogP contribution is -2.11. The van der Waals surface area contributed by atoms with E-state index in [1.807, 2.05) is 26.1 Å². The molecule has 0 aliphatic rings. The van der Waals surface area contributed by atoms with Gasteiger partial charge in [-0.1, -0.05) is 45.0 Å². The zero-order valence-electron chi connectivity index (χ0n) is 12.3. The van der Waals surface area contributed by atoms with E-state index in [0.29, 0.717) is 0 Å². The number of aliphatic hydroxyl groups is 1. The number of aryl methyl sites for hydroxylation is 1. The molecule has 102 valence electrons. The third kappa shape index (κ3) is 2.71. The van der Waals surface area contributed by atoms with Gasteiger partial charge in [-0.3, -0.25) is 4.68 Å². The quantitative estimate of drug-likeness (QED) is 0.898. The Bertz CT molecular complexity index is 561. The second-order valence-electron chi connectivity index (χ2n) is 6.08. The molecule has 19 heavy (non-hydrogen) atoms. The lowest BCUT2D eigenvalue weighted by Gasteiger charge is -2.20. The molecule has 1 unspecified atom stereocenters. The predicted molar refractivity (Wildman–Crippen MR) is 77.1 cm³/mol. The van der Waals surface area contributed by atoms with Gasteiger partial charge in [-0.15, -0.1) is 0 Å². The molecule has 0 radical (unpaired) electrons. The highest BCUT2D eigenvalue weighted by Gasteiger charge is 2.18. The molecule has 1 heterocycles. The van der Waals surface area contributed by atoms with Crippen molar-refractivity contribution in [3.8, 4) is 0 Å². The Morgan fingerprint density at radius 3 is 2.16 bits per heavy atom. The smallest absolute Gasteiger partial charge is 0.107 e. The van der Waals surface area contributed by atoms with Gasteiger partial charge in [-0.25, -0.2) is 0 Å². The first kappa shape index (κ1) is 13.8. The standard InChI is InChI=1S/C16H22N2O/c1-11-14(10-17-18(11)5)15(19)12-6-8-13(9-7-12)16(2,3)4/h6-10,15,19H,1-5H3. The van der Waals surface area contributed by atoms with E-state index in [1.54, 1.807) is 10.9 Å². The molecule has 0 aliphatic heterocycles. The molecule has 0 amide bonds. The summed E-state index contributed by atoms with van der Waals surface area (Å²) in [7, 11) is 1.88. The number of rotatable bonds is 2. The Labute approximate surface area is 114 Å². The molecule has 0 saturated carbocycles. The first-order valence-corrected chi connectivity index (χ1v) is 6.57.